The molecule has 2 aromatic carbocycles. The number of carbonyl (C=O) groups excluding carboxylic acids is 1. The number of nitrogens with one attached hydrogen (secondary N) is 2. The monoisotopic (exact) mass is 345 g/mol. The second-order valence-electron chi connectivity index (χ2n) is 7.15. The summed E-state index contributed by atoms with van der Waals surface area (Å²) in [6, 6.07) is 16.5. The van der Waals surface area contributed by atoms with Crippen molar-refractivity contribution in [3.8, 4) is 11.1 Å². The van der Waals surface area contributed by atoms with E-state index < -0.39 is 0 Å². The van der Waals surface area contributed by atoms with E-state index in [1.165, 1.54) is 35.1 Å². The summed E-state index contributed by atoms with van der Waals surface area (Å²) in [7, 11) is 0. The van der Waals surface area contributed by atoms with Crippen molar-refractivity contribution in [2.75, 3.05) is 5.32 Å². The third-order valence-electron chi connectivity index (χ3n) is 5.12. The Morgan fingerprint density at radius 3 is 2.65 bits per heavy atom. The van der Waals surface area contributed by atoms with Gasteiger partial charge in [0.05, 0.1) is 6.42 Å². The van der Waals surface area contributed by atoms with E-state index in [2.05, 4.69) is 59.7 Å². The minimum Gasteiger partial charge on any atom is -0.309 e. The Hall–Kier alpha value is -2.88. The van der Waals surface area contributed by atoms with Gasteiger partial charge in [-0.3, -0.25) is 9.89 Å². The lowest BCUT2D eigenvalue weighted by Gasteiger charge is -2.09. The maximum absolute atomic E-state index is 12.3. The van der Waals surface area contributed by atoms with Crippen LogP contribution in [0.5, 0.6) is 0 Å². The highest BCUT2D eigenvalue weighted by molar-refractivity contribution is 5.91. The number of anilines is 1. The molecular weight excluding hydrogens is 322 g/mol. The maximum Gasteiger partial charge on any atom is 0.229 e. The van der Waals surface area contributed by atoms with Crippen LogP contribution in [0.1, 0.15) is 41.1 Å². The van der Waals surface area contributed by atoms with Crippen LogP contribution in [0.4, 0.5) is 5.82 Å². The van der Waals surface area contributed by atoms with Crippen molar-refractivity contribution < 1.29 is 4.79 Å². The lowest BCUT2D eigenvalue weighted by Crippen LogP contribution is -2.14. The fraction of sp³-hybridized carbons (Fsp3) is 0.273. The molecule has 0 unspecified atom stereocenters. The first kappa shape index (κ1) is 16.6. The molecule has 0 spiro atoms. The molecule has 4 rings (SSSR count). The van der Waals surface area contributed by atoms with E-state index in [1.807, 2.05) is 18.2 Å². The SMILES string of the molecule is Cc1cccc(-c2ccc(CC(=O)Nc3cc(C4CC4)[nH]n3)cc2)c1C. The van der Waals surface area contributed by atoms with Gasteiger partial charge in [0.1, 0.15) is 0 Å². The number of aromatic nitrogens is 2. The van der Waals surface area contributed by atoms with E-state index in [-0.39, 0.29) is 5.91 Å². The van der Waals surface area contributed by atoms with Gasteiger partial charge in [-0.25, -0.2) is 0 Å². The summed E-state index contributed by atoms with van der Waals surface area (Å²) in [6.07, 6.45) is 2.77. The summed E-state index contributed by atoms with van der Waals surface area (Å²) < 4.78 is 0. The summed E-state index contributed by atoms with van der Waals surface area (Å²) in [4.78, 5) is 12.3. The fourth-order valence-corrected chi connectivity index (χ4v) is 3.24. The highest BCUT2D eigenvalue weighted by Crippen LogP contribution is 2.39. The Morgan fingerprint density at radius 2 is 1.92 bits per heavy atom. The molecular formula is C22H23N3O. The van der Waals surface area contributed by atoms with Gasteiger partial charge in [0.25, 0.3) is 0 Å². The Labute approximate surface area is 153 Å². The van der Waals surface area contributed by atoms with Crippen molar-refractivity contribution in [2.45, 2.75) is 39.0 Å². The van der Waals surface area contributed by atoms with Crippen molar-refractivity contribution in [1.82, 2.24) is 10.2 Å². The van der Waals surface area contributed by atoms with Crippen LogP contribution in [-0.2, 0) is 11.2 Å². The number of aryl methyl sites for hydroxylation is 1. The van der Waals surface area contributed by atoms with Crippen LogP contribution < -0.4 is 5.32 Å². The van der Waals surface area contributed by atoms with Crippen LogP contribution in [0.3, 0.4) is 0 Å². The van der Waals surface area contributed by atoms with Crippen molar-refractivity contribution >= 4 is 11.7 Å². The molecule has 1 heterocycles. The molecule has 2 N–H and O–H groups in total. The fourth-order valence-electron chi connectivity index (χ4n) is 3.24. The second kappa shape index (κ2) is 6.79. The molecule has 1 aromatic heterocycles. The number of benzene rings is 2. The number of aromatic amines is 1. The average Bonchev–Trinajstić information content (AvgIpc) is 3.38. The van der Waals surface area contributed by atoms with E-state index in [1.54, 1.807) is 0 Å². The Balaban J connectivity index is 1.41. The van der Waals surface area contributed by atoms with Gasteiger partial charge in [-0.15, -0.1) is 0 Å². The third kappa shape index (κ3) is 3.54. The highest BCUT2D eigenvalue weighted by Gasteiger charge is 2.25. The van der Waals surface area contributed by atoms with Gasteiger partial charge in [-0.1, -0.05) is 42.5 Å². The molecule has 0 saturated heterocycles. The van der Waals surface area contributed by atoms with Gasteiger partial charge in [-0.2, -0.15) is 5.10 Å². The molecule has 0 bridgehead atoms. The van der Waals surface area contributed by atoms with Gasteiger partial charge in [0.15, 0.2) is 5.82 Å². The van der Waals surface area contributed by atoms with Crippen LogP contribution in [-0.4, -0.2) is 16.1 Å². The van der Waals surface area contributed by atoms with E-state index in [0.717, 1.165) is 11.3 Å². The molecule has 1 aliphatic carbocycles. The highest BCUT2D eigenvalue weighted by atomic mass is 16.1. The van der Waals surface area contributed by atoms with Crippen molar-refractivity contribution in [3.63, 3.8) is 0 Å². The zero-order valence-electron chi connectivity index (χ0n) is 15.2. The minimum absolute atomic E-state index is 0.0432. The molecule has 0 aliphatic heterocycles. The largest absolute Gasteiger partial charge is 0.309 e. The Bertz CT molecular complexity index is 936. The third-order valence-corrected chi connectivity index (χ3v) is 5.12. The van der Waals surface area contributed by atoms with Gasteiger partial charge in [0.2, 0.25) is 5.91 Å². The Morgan fingerprint density at radius 1 is 1.15 bits per heavy atom. The summed E-state index contributed by atoms with van der Waals surface area (Å²) in [6.45, 7) is 4.27. The van der Waals surface area contributed by atoms with Crippen LogP contribution >= 0.6 is 0 Å². The topological polar surface area (TPSA) is 57.8 Å². The molecule has 1 amide bonds. The molecule has 1 saturated carbocycles. The summed E-state index contributed by atoms with van der Waals surface area (Å²) in [5.74, 6) is 1.17. The normalized spacial score (nSPS) is 13.6. The van der Waals surface area contributed by atoms with Crippen LogP contribution in [0, 0.1) is 13.8 Å². The first-order valence-electron chi connectivity index (χ1n) is 9.11. The molecule has 4 heteroatoms. The zero-order valence-corrected chi connectivity index (χ0v) is 15.2. The number of hydrogen-bond acceptors (Lipinski definition) is 2. The molecule has 0 radical (unpaired) electrons. The number of hydrogen-bond donors (Lipinski definition) is 2. The van der Waals surface area contributed by atoms with Gasteiger partial charge >= 0.3 is 0 Å². The maximum atomic E-state index is 12.3. The van der Waals surface area contributed by atoms with Crippen molar-refractivity contribution in [1.29, 1.82) is 0 Å². The van der Waals surface area contributed by atoms with Crippen molar-refractivity contribution in [3.05, 3.63) is 70.9 Å². The summed E-state index contributed by atoms with van der Waals surface area (Å²) >= 11 is 0. The minimum atomic E-state index is -0.0432. The van der Waals surface area contributed by atoms with Crippen molar-refractivity contribution in [2.24, 2.45) is 0 Å². The van der Waals surface area contributed by atoms with Crippen LogP contribution in [0.2, 0.25) is 0 Å². The smallest absolute Gasteiger partial charge is 0.229 e. The summed E-state index contributed by atoms with van der Waals surface area (Å²) in [5.41, 5.74) is 7.12. The number of H-pyrrole nitrogens is 1. The quantitative estimate of drug-likeness (QED) is 0.701. The van der Waals surface area contributed by atoms with Crippen LogP contribution in [0.25, 0.3) is 11.1 Å². The van der Waals surface area contributed by atoms with E-state index in [4.69, 9.17) is 0 Å². The predicted octanol–water partition coefficient (Wildman–Crippen LogP) is 4.75. The molecule has 4 nitrogen and oxygen atoms in total. The zero-order chi connectivity index (χ0) is 18.1. The Kier molecular flexibility index (Phi) is 4.33. The summed E-state index contributed by atoms with van der Waals surface area (Å²) in [5, 5.41) is 10.1. The molecule has 1 aliphatic rings. The molecule has 132 valence electrons. The van der Waals surface area contributed by atoms with Gasteiger partial charge < -0.3 is 5.32 Å². The molecule has 1 fully saturated rings. The average molecular weight is 345 g/mol. The van der Waals surface area contributed by atoms with Gasteiger partial charge in [-0.05, 0) is 54.5 Å². The number of rotatable bonds is 5. The van der Waals surface area contributed by atoms with E-state index >= 15 is 0 Å². The predicted molar refractivity (Wildman–Crippen MR) is 104 cm³/mol. The van der Waals surface area contributed by atoms with Crippen LogP contribution in [0.15, 0.2) is 48.5 Å². The second-order valence-corrected chi connectivity index (χ2v) is 7.15. The van der Waals surface area contributed by atoms with E-state index in [0.29, 0.717) is 18.2 Å². The van der Waals surface area contributed by atoms with E-state index in [9.17, 15) is 4.79 Å². The number of carbonyl (C=O) groups is 1. The van der Waals surface area contributed by atoms with Gasteiger partial charge in [0, 0.05) is 17.7 Å². The molecule has 3 aromatic rings. The lowest BCUT2D eigenvalue weighted by atomic mass is 9.96. The number of amides is 1. The first-order chi connectivity index (χ1) is 12.6. The first-order valence-corrected chi connectivity index (χ1v) is 9.11. The number of nitrogens with zero attached hydrogens (tertiary/aromatic N) is 1. The lowest BCUT2D eigenvalue weighted by molar-refractivity contribution is -0.115. The standard InChI is InChI=1S/C22H23N3O/c1-14-4-3-5-19(15(14)2)17-8-6-16(7-9-17)12-22(26)23-21-13-20(24-25-21)18-10-11-18/h3-9,13,18H,10-12H2,1-2H3,(H2,23,24,25,26). The molecule has 26 heavy (non-hydrogen) atoms. The molecule has 0 atom stereocenters.